The summed E-state index contributed by atoms with van der Waals surface area (Å²) in [6.07, 6.45) is 7.63. The van der Waals surface area contributed by atoms with Crippen LogP contribution in [0.2, 0.25) is 0 Å². The Balaban J connectivity index is 2.99. The van der Waals surface area contributed by atoms with Crippen molar-refractivity contribution in [1.29, 1.82) is 0 Å². The minimum absolute atomic E-state index is 0.0468. The van der Waals surface area contributed by atoms with Crippen LogP contribution < -0.4 is 16.0 Å². The van der Waals surface area contributed by atoms with Crippen LogP contribution in [-0.4, -0.2) is 42.3 Å². The van der Waals surface area contributed by atoms with Gasteiger partial charge >= 0.3 is 0 Å². The predicted molar refractivity (Wildman–Crippen MR) is 113 cm³/mol. The first-order valence-corrected chi connectivity index (χ1v) is 10.3. The Morgan fingerprint density at radius 3 is 2.39 bits per heavy atom. The molecule has 1 unspecified atom stereocenters. The van der Waals surface area contributed by atoms with Gasteiger partial charge in [-0.1, -0.05) is 59.8 Å². The lowest BCUT2D eigenvalue weighted by Gasteiger charge is -2.26. The Labute approximate surface area is 169 Å². The number of hydrogen-bond donors (Lipinski definition) is 3. The molecule has 6 nitrogen and oxygen atoms in total. The van der Waals surface area contributed by atoms with Crippen LogP contribution in [0.4, 0.5) is 0 Å². The third-order valence-electron chi connectivity index (χ3n) is 4.75. The van der Waals surface area contributed by atoms with Crippen LogP contribution >= 0.6 is 0 Å². The molecule has 0 aromatic rings. The van der Waals surface area contributed by atoms with E-state index in [-0.39, 0.29) is 54.0 Å². The number of carbonyl (C=O) groups excluding carboxylic acids is 3. The molecule has 158 valence electrons. The first-order chi connectivity index (χ1) is 13.1. The summed E-state index contributed by atoms with van der Waals surface area (Å²) < 4.78 is 0. The minimum atomic E-state index is -0.521. The van der Waals surface area contributed by atoms with Gasteiger partial charge in [-0.3, -0.25) is 14.4 Å². The molecule has 0 radical (unpaired) electrons. The Bertz CT molecular complexity index is 594. The quantitative estimate of drug-likeness (QED) is 0.582. The Kier molecular flexibility index (Phi) is 10.1. The zero-order chi connectivity index (χ0) is 21.3. The Morgan fingerprint density at radius 2 is 1.82 bits per heavy atom. The topological polar surface area (TPSA) is 87.3 Å². The molecule has 0 aliphatic carbocycles. The maximum absolute atomic E-state index is 12.9. The molecule has 0 saturated heterocycles. The van der Waals surface area contributed by atoms with Gasteiger partial charge in [-0.05, 0) is 18.3 Å². The van der Waals surface area contributed by atoms with Crippen LogP contribution in [0.25, 0.3) is 0 Å². The van der Waals surface area contributed by atoms with Crippen molar-refractivity contribution in [3.63, 3.8) is 0 Å². The van der Waals surface area contributed by atoms with Gasteiger partial charge in [0.1, 0.15) is 0 Å². The van der Waals surface area contributed by atoms with Crippen LogP contribution in [0, 0.1) is 17.8 Å². The largest absolute Gasteiger partial charge is 0.352 e. The van der Waals surface area contributed by atoms with Crippen molar-refractivity contribution in [3.8, 4) is 0 Å². The fourth-order valence-electron chi connectivity index (χ4n) is 3.11. The molecule has 0 saturated carbocycles. The summed E-state index contributed by atoms with van der Waals surface area (Å²) in [5.41, 5.74) is 0. The van der Waals surface area contributed by atoms with Crippen LogP contribution in [-0.2, 0) is 14.4 Å². The molecule has 28 heavy (non-hydrogen) atoms. The average Bonchev–Trinajstić information content (AvgIpc) is 2.59. The van der Waals surface area contributed by atoms with Gasteiger partial charge in [0.2, 0.25) is 11.8 Å². The number of carbonyl (C=O) groups is 3. The molecule has 0 bridgehead atoms. The summed E-state index contributed by atoms with van der Waals surface area (Å²) in [5.74, 6) is -0.545. The van der Waals surface area contributed by atoms with E-state index in [1.807, 2.05) is 47.6 Å². The lowest BCUT2D eigenvalue weighted by Crippen LogP contribution is -2.46. The average molecular weight is 392 g/mol. The number of rotatable bonds is 7. The standard InChI is InChI=1S/C22H37N3O3/c1-14(2)18-10-11-20(27)23-12-8-7-9-17(22(28)25-18)13-19(26)21(15(3)4)24-16(5)6/h7,9-11,14-18,21,24H,8,12-13H2,1-6H3,(H,23,27)(H,25,28)/b9-7+,11-10+/t17-,18-,21?/m1/s1. The van der Waals surface area contributed by atoms with Gasteiger partial charge < -0.3 is 16.0 Å². The number of amides is 2. The third-order valence-corrected chi connectivity index (χ3v) is 4.75. The summed E-state index contributed by atoms with van der Waals surface area (Å²) in [6, 6.07) is -0.350. The Hall–Kier alpha value is -1.95. The zero-order valence-corrected chi connectivity index (χ0v) is 18.1. The van der Waals surface area contributed by atoms with E-state index in [0.717, 1.165) is 0 Å². The highest BCUT2D eigenvalue weighted by Crippen LogP contribution is 2.15. The van der Waals surface area contributed by atoms with Crippen molar-refractivity contribution in [2.24, 2.45) is 17.8 Å². The van der Waals surface area contributed by atoms with Gasteiger partial charge in [0.25, 0.3) is 0 Å². The van der Waals surface area contributed by atoms with E-state index in [2.05, 4.69) is 16.0 Å². The van der Waals surface area contributed by atoms with Crippen molar-refractivity contribution in [1.82, 2.24) is 16.0 Å². The summed E-state index contributed by atoms with van der Waals surface area (Å²) in [5, 5.41) is 9.12. The highest BCUT2D eigenvalue weighted by atomic mass is 16.2. The lowest BCUT2D eigenvalue weighted by molar-refractivity contribution is -0.129. The summed E-state index contributed by atoms with van der Waals surface area (Å²) in [4.78, 5) is 37.6. The van der Waals surface area contributed by atoms with Gasteiger partial charge in [-0.15, -0.1) is 0 Å². The van der Waals surface area contributed by atoms with E-state index in [0.29, 0.717) is 13.0 Å². The molecule has 1 heterocycles. The minimum Gasteiger partial charge on any atom is -0.352 e. The van der Waals surface area contributed by atoms with E-state index in [4.69, 9.17) is 0 Å². The van der Waals surface area contributed by atoms with Crippen molar-refractivity contribution in [3.05, 3.63) is 24.3 Å². The van der Waals surface area contributed by atoms with Gasteiger partial charge in [0.05, 0.1) is 12.0 Å². The maximum Gasteiger partial charge on any atom is 0.243 e. The molecule has 1 aliphatic heterocycles. The fourth-order valence-corrected chi connectivity index (χ4v) is 3.11. The third kappa shape index (κ3) is 8.38. The summed E-state index contributed by atoms with van der Waals surface area (Å²) in [7, 11) is 0. The number of Topliss-reactive ketones (excluding diaryl/α,β-unsaturated/α-hetero) is 1. The molecule has 0 spiro atoms. The molecule has 1 rings (SSSR count). The van der Waals surface area contributed by atoms with Crippen molar-refractivity contribution < 1.29 is 14.4 Å². The number of ketones is 1. The monoisotopic (exact) mass is 391 g/mol. The first kappa shape index (κ1) is 24.1. The second kappa shape index (κ2) is 11.8. The second-order valence-corrected chi connectivity index (χ2v) is 8.47. The van der Waals surface area contributed by atoms with Gasteiger partial charge in [0.15, 0.2) is 5.78 Å². The first-order valence-electron chi connectivity index (χ1n) is 10.3. The smallest absolute Gasteiger partial charge is 0.243 e. The molecule has 0 aromatic heterocycles. The number of hydrogen-bond acceptors (Lipinski definition) is 4. The fraction of sp³-hybridized carbons (Fsp3) is 0.682. The molecule has 3 atom stereocenters. The van der Waals surface area contributed by atoms with E-state index >= 15 is 0 Å². The molecular formula is C22H37N3O3. The van der Waals surface area contributed by atoms with Crippen LogP contribution in [0.15, 0.2) is 24.3 Å². The molecule has 1 aliphatic rings. The van der Waals surface area contributed by atoms with Crippen molar-refractivity contribution in [2.45, 2.75) is 72.5 Å². The van der Waals surface area contributed by atoms with Gasteiger partial charge in [-0.25, -0.2) is 0 Å². The lowest BCUT2D eigenvalue weighted by atomic mass is 9.90. The molecule has 6 heteroatoms. The highest BCUT2D eigenvalue weighted by molar-refractivity contribution is 5.91. The van der Waals surface area contributed by atoms with Crippen molar-refractivity contribution >= 4 is 17.6 Å². The maximum atomic E-state index is 12.9. The predicted octanol–water partition coefficient (Wildman–Crippen LogP) is 2.36. The highest BCUT2D eigenvalue weighted by Gasteiger charge is 2.28. The molecule has 0 fully saturated rings. The Morgan fingerprint density at radius 1 is 1.14 bits per heavy atom. The van der Waals surface area contributed by atoms with Crippen LogP contribution in [0.1, 0.15) is 54.4 Å². The SMILES string of the molecule is CC(C)NC(C(=O)C[C@H]1/C=C/CCNC(=O)/C=C/[C@H](C(C)C)NC1=O)C(C)C. The van der Waals surface area contributed by atoms with E-state index in [1.54, 1.807) is 12.2 Å². The summed E-state index contributed by atoms with van der Waals surface area (Å²) >= 11 is 0. The second-order valence-electron chi connectivity index (χ2n) is 8.47. The normalized spacial score (nSPS) is 24.9. The van der Waals surface area contributed by atoms with E-state index in [1.165, 1.54) is 6.08 Å². The summed E-state index contributed by atoms with van der Waals surface area (Å²) in [6.45, 7) is 12.5. The molecule has 0 aromatic carbocycles. The van der Waals surface area contributed by atoms with Gasteiger partial charge in [0, 0.05) is 31.1 Å². The van der Waals surface area contributed by atoms with Crippen LogP contribution in [0.5, 0.6) is 0 Å². The number of nitrogens with one attached hydrogen (secondary N) is 3. The zero-order valence-electron chi connectivity index (χ0n) is 18.1. The van der Waals surface area contributed by atoms with E-state index in [9.17, 15) is 14.4 Å². The molecular weight excluding hydrogens is 354 g/mol. The molecule has 3 N–H and O–H groups in total. The van der Waals surface area contributed by atoms with Crippen molar-refractivity contribution in [2.75, 3.05) is 6.54 Å². The van der Waals surface area contributed by atoms with Crippen LogP contribution in [0.3, 0.4) is 0 Å². The van der Waals surface area contributed by atoms with Gasteiger partial charge in [-0.2, -0.15) is 0 Å². The van der Waals surface area contributed by atoms with E-state index < -0.39 is 5.92 Å². The molecule has 2 amide bonds.